The number of nitrogens with zero attached hydrogens (tertiary/aromatic N) is 1. The van der Waals surface area contributed by atoms with Crippen LogP contribution in [0.2, 0.25) is 0 Å². The molecule has 0 radical (unpaired) electrons. The van der Waals surface area contributed by atoms with E-state index in [1.54, 1.807) is 25.1 Å². The van der Waals surface area contributed by atoms with Crippen molar-refractivity contribution in [1.29, 1.82) is 0 Å². The molecule has 2 N–H and O–H groups in total. The number of rotatable bonds is 9. The second kappa shape index (κ2) is 8.28. The molecular weight excluding hydrogens is 314 g/mol. The Hall–Kier alpha value is -2.64. The molecule has 1 aromatic carbocycles. The van der Waals surface area contributed by atoms with Gasteiger partial charge in [0.1, 0.15) is 5.69 Å². The van der Waals surface area contributed by atoms with Crippen LogP contribution in [0.4, 0.5) is 11.4 Å². The van der Waals surface area contributed by atoms with Crippen LogP contribution < -0.4 is 10.6 Å². The fraction of sp³-hybridized carbons (Fsp3) is 0.500. The molecule has 0 saturated heterocycles. The van der Waals surface area contributed by atoms with Crippen molar-refractivity contribution in [2.24, 2.45) is 0 Å². The van der Waals surface area contributed by atoms with Crippen molar-refractivity contribution >= 4 is 23.3 Å². The van der Waals surface area contributed by atoms with E-state index in [0.29, 0.717) is 18.7 Å². The summed E-state index contributed by atoms with van der Waals surface area (Å²) in [4.78, 5) is 33.8. The number of para-hydroxylation sites is 2. The van der Waals surface area contributed by atoms with E-state index in [9.17, 15) is 19.7 Å². The first kappa shape index (κ1) is 17.7. The molecule has 1 aliphatic carbocycles. The highest BCUT2D eigenvalue weighted by atomic mass is 16.6. The molecular formula is C16H21N3O5. The molecule has 2 rings (SSSR count). The summed E-state index contributed by atoms with van der Waals surface area (Å²) >= 11 is 0. The monoisotopic (exact) mass is 335 g/mol. The van der Waals surface area contributed by atoms with Crippen molar-refractivity contribution in [2.45, 2.75) is 44.8 Å². The highest BCUT2D eigenvalue weighted by Gasteiger charge is 2.27. The summed E-state index contributed by atoms with van der Waals surface area (Å²) in [6.07, 6.45) is 1.73. The van der Waals surface area contributed by atoms with E-state index in [1.807, 2.05) is 0 Å². The summed E-state index contributed by atoms with van der Waals surface area (Å²) in [6, 6.07) is 6.54. The summed E-state index contributed by atoms with van der Waals surface area (Å²) in [5, 5.41) is 16.6. The van der Waals surface area contributed by atoms with Gasteiger partial charge in [-0.3, -0.25) is 19.7 Å². The number of carbonyl (C=O) groups is 2. The average Bonchev–Trinajstić information content (AvgIpc) is 3.35. The maximum Gasteiger partial charge on any atom is 0.306 e. The van der Waals surface area contributed by atoms with Crippen LogP contribution >= 0.6 is 0 Å². The van der Waals surface area contributed by atoms with Crippen molar-refractivity contribution < 1.29 is 19.2 Å². The van der Waals surface area contributed by atoms with Crippen LogP contribution in [-0.4, -0.2) is 35.5 Å². The van der Waals surface area contributed by atoms with E-state index in [-0.39, 0.29) is 24.1 Å². The van der Waals surface area contributed by atoms with Crippen LogP contribution in [-0.2, 0) is 14.3 Å². The molecule has 130 valence electrons. The van der Waals surface area contributed by atoms with Gasteiger partial charge in [-0.15, -0.1) is 0 Å². The number of amides is 1. The van der Waals surface area contributed by atoms with Crippen LogP contribution in [0.15, 0.2) is 24.3 Å². The lowest BCUT2D eigenvalue weighted by Crippen LogP contribution is -2.37. The zero-order valence-electron chi connectivity index (χ0n) is 13.5. The third-order valence-electron chi connectivity index (χ3n) is 3.58. The molecule has 1 saturated carbocycles. The van der Waals surface area contributed by atoms with Gasteiger partial charge < -0.3 is 15.4 Å². The number of anilines is 1. The molecule has 1 aliphatic rings. The standard InChI is InChI=1S/C16H21N3O5/c1-11(16(21)18-12-8-9-12)24-15(20)7-4-10-17-13-5-2-3-6-14(13)19(22)23/h2-3,5-6,11-12,17H,4,7-10H2,1H3,(H,18,21)/t11-/m0/s1. The highest BCUT2D eigenvalue weighted by Crippen LogP contribution is 2.23. The molecule has 1 fully saturated rings. The van der Waals surface area contributed by atoms with E-state index in [0.717, 1.165) is 12.8 Å². The lowest BCUT2D eigenvalue weighted by molar-refractivity contribution is -0.384. The highest BCUT2D eigenvalue weighted by molar-refractivity contribution is 5.83. The predicted molar refractivity (Wildman–Crippen MR) is 87.5 cm³/mol. The van der Waals surface area contributed by atoms with Crippen molar-refractivity contribution in [2.75, 3.05) is 11.9 Å². The molecule has 0 heterocycles. The minimum absolute atomic E-state index is 0.00885. The Kier molecular flexibility index (Phi) is 6.11. The zero-order valence-corrected chi connectivity index (χ0v) is 13.5. The van der Waals surface area contributed by atoms with Gasteiger partial charge >= 0.3 is 5.97 Å². The third kappa shape index (κ3) is 5.53. The Labute approximate surface area is 139 Å². The molecule has 0 spiro atoms. The summed E-state index contributed by atoms with van der Waals surface area (Å²) in [5.74, 6) is -0.735. The molecule has 1 atom stereocenters. The third-order valence-corrected chi connectivity index (χ3v) is 3.58. The summed E-state index contributed by atoms with van der Waals surface area (Å²) < 4.78 is 5.07. The van der Waals surface area contributed by atoms with Crippen molar-refractivity contribution in [3.63, 3.8) is 0 Å². The molecule has 0 aliphatic heterocycles. The van der Waals surface area contributed by atoms with Gasteiger partial charge in [0.25, 0.3) is 11.6 Å². The molecule has 0 bridgehead atoms. The molecule has 1 aromatic rings. The number of nitro groups is 1. The number of esters is 1. The first-order valence-corrected chi connectivity index (χ1v) is 7.94. The van der Waals surface area contributed by atoms with E-state index in [1.165, 1.54) is 6.07 Å². The Morgan fingerprint density at radius 3 is 2.75 bits per heavy atom. The summed E-state index contributed by atoms with van der Waals surface area (Å²) in [7, 11) is 0. The Morgan fingerprint density at radius 2 is 2.08 bits per heavy atom. The first-order chi connectivity index (χ1) is 11.5. The molecule has 0 unspecified atom stereocenters. The van der Waals surface area contributed by atoms with Gasteiger partial charge in [0.2, 0.25) is 0 Å². The predicted octanol–water partition coefficient (Wildman–Crippen LogP) is 2.00. The van der Waals surface area contributed by atoms with Gasteiger partial charge in [-0.25, -0.2) is 0 Å². The van der Waals surface area contributed by atoms with E-state index in [2.05, 4.69) is 10.6 Å². The molecule has 24 heavy (non-hydrogen) atoms. The number of carbonyl (C=O) groups excluding carboxylic acids is 2. The Balaban J connectivity index is 1.67. The largest absolute Gasteiger partial charge is 0.453 e. The van der Waals surface area contributed by atoms with Crippen molar-refractivity contribution in [1.82, 2.24) is 5.32 Å². The smallest absolute Gasteiger partial charge is 0.306 e. The lowest BCUT2D eigenvalue weighted by atomic mass is 10.2. The minimum Gasteiger partial charge on any atom is -0.453 e. The normalized spacial score (nSPS) is 14.5. The first-order valence-electron chi connectivity index (χ1n) is 7.94. The van der Waals surface area contributed by atoms with Gasteiger partial charge in [-0.1, -0.05) is 12.1 Å². The SMILES string of the molecule is C[C@H](OC(=O)CCCNc1ccccc1[N+](=O)[O-])C(=O)NC1CC1. The average molecular weight is 335 g/mol. The van der Waals surface area contributed by atoms with E-state index in [4.69, 9.17) is 4.74 Å². The molecule has 0 aromatic heterocycles. The number of nitrogens with one attached hydrogen (secondary N) is 2. The van der Waals surface area contributed by atoms with Gasteiger partial charge in [-0.2, -0.15) is 0 Å². The van der Waals surface area contributed by atoms with Crippen LogP contribution in [0.5, 0.6) is 0 Å². The maximum absolute atomic E-state index is 11.7. The number of hydrogen-bond acceptors (Lipinski definition) is 6. The Morgan fingerprint density at radius 1 is 1.38 bits per heavy atom. The van der Waals surface area contributed by atoms with Crippen molar-refractivity contribution in [3.8, 4) is 0 Å². The summed E-state index contributed by atoms with van der Waals surface area (Å²) in [6.45, 7) is 1.93. The van der Waals surface area contributed by atoms with Gasteiger partial charge in [-0.05, 0) is 32.3 Å². The van der Waals surface area contributed by atoms with Crippen LogP contribution in [0.1, 0.15) is 32.6 Å². The quantitative estimate of drug-likeness (QED) is 0.309. The molecule has 1 amide bonds. The van der Waals surface area contributed by atoms with E-state index < -0.39 is 17.0 Å². The second-order valence-electron chi connectivity index (χ2n) is 5.72. The number of benzene rings is 1. The van der Waals surface area contributed by atoms with E-state index >= 15 is 0 Å². The fourth-order valence-corrected chi connectivity index (χ4v) is 2.09. The van der Waals surface area contributed by atoms with Gasteiger partial charge in [0, 0.05) is 25.1 Å². The second-order valence-corrected chi connectivity index (χ2v) is 5.72. The summed E-state index contributed by atoms with van der Waals surface area (Å²) in [5.41, 5.74) is 0.401. The van der Waals surface area contributed by atoms with Crippen LogP contribution in [0, 0.1) is 10.1 Å². The maximum atomic E-state index is 11.7. The van der Waals surface area contributed by atoms with Gasteiger partial charge in [0.15, 0.2) is 6.10 Å². The topological polar surface area (TPSA) is 111 Å². The minimum atomic E-state index is -0.804. The fourth-order valence-electron chi connectivity index (χ4n) is 2.09. The van der Waals surface area contributed by atoms with Gasteiger partial charge in [0.05, 0.1) is 4.92 Å². The number of ether oxygens (including phenoxy) is 1. The zero-order chi connectivity index (χ0) is 17.5. The van der Waals surface area contributed by atoms with Crippen LogP contribution in [0.3, 0.4) is 0 Å². The molecule has 8 nitrogen and oxygen atoms in total. The van der Waals surface area contributed by atoms with Crippen LogP contribution in [0.25, 0.3) is 0 Å². The lowest BCUT2D eigenvalue weighted by Gasteiger charge is -2.13. The number of hydrogen-bond donors (Lipinski definition) is 2. The molecule has 8 heteroatoms. The Bertz CT molecular complexity index is 615. The van der Waals surface area contributed by atoms with Crippen molar-refractivity contribution in [3.05, 3.63) is 34.4 Å². The number of nitro benzene ring substituents is 1.